The van der Waals surface area contributed by atoms with E-state index < -0.39 is 0 Å². The molecular formula is C19H18BrN3O3S. The minimum absolute atomic E-state index is 0.169. The van der Waals surface area contributed by atoms with Gasteiger partial charge in [-0.1, -0.05) is 52.0 Å². The summed E-state index contributed by atoms with van der Waals surface area (Å²) >= 11 is 4.41. The Hall–Kier alpha value is -2.32. The van der Waals surface area contributed by atoms with E-state index in [1.54, 1.807) is 36.2 Å². The average molecular weight is 448 g/mol. The molecule has 1 heterocycles. The number of amides is 4. The monoisotopic (exact) mass is 447 g/mol. The Bertz CT molecular complexity index is 840. The number of hydrogen-bond acceptors (Lipinski definition) is 4. The number of hydrogen-bond donors (Lipinski definition) is 1. The van der Waals surface area contributed by atoms with Crippen molar-refractivity contribution in [2.24, 2.45) is 0 Å². The third-order valence-corrected chi connectivity index (χ3v) is 5.45. The van der Waals surface area contributed by atoms with Gasteiger partial charge in [-0.3, -0.25) is 14.5 Å². The Kier molecular flexibility index (Phi) is 6.18. The van der Waals surface area contributed by atoms with Crippen molar-refractivity contribution in [1.82, 2.24) is 9.80 Å². The first kappa shape index (κ1) is 19.4. The molecular weight excluding hydrogens is 430 g/mol. The Morgan fingerprint density at radius 1 is 1.11 bits per heavy atom. The minimum atomic E-state index is -0.216. The number of rotatable bonds is 5. The van der Waals surface area contributed by atoms with Gasteiger partial charge < -0.3 is 10.2 Å². The number of anilines is 1. The fraction of sp³-hybridized carbons (Fsp3) is 0.211. The van der Waals surface area contributed by atoms with Gasteiger partial charge in [0, 0.05) is 23.8 Å². The number of carbonyl (C=O) groups is 3. The van der Waals surface area contributed by atoms with Gasteiger partial charge in [0.2, 0.25) is 5.91 Å². The van der Waals surface area contributed by atoms with Crippen molar-refractivity contribution in [3.63, 3.8) is 0 Å². The van der Waals surface area contributed by atoms with Crippen LogP contribution in [0.5, 0.6) is 0 Å². The summed E-state index contributed by atoms with van der Waals surface area (Å²) in [4.78, 5) is 38.5. The number of urea groups is 1. The minimum Gasteiger partial charge on any atom is -0.323 e. The molecule has 3 rings (SSSR count). The molecule has 140 valence electrons. The second-order valence-electron chi connectivity index (χ2n) is 6.14. The van der Waals surface area contributed by atoms with Crippen molar-refractivity contribution >= 4 is 50.6 Å². The maximum absolute atomic E-state index is 12.3. The van der Waals surface area contributed by atoms with Crippen molar-refractivity contribution in [2.75, 3.05) is 18.1 Å². The van der Waals surface area contributed by atoms with Gasteiger partial charge in [0.05, 0.1) is 12.3 Å². The van der Waals surface area contributed by atoms with E-state index in [0.29, 0.717) is 12.2 Å². The first-order valence-electron chi connectivity index (χ1n) is 8.25. The molecule has 0 atom stereocenters. The molecule has 1 aliphatic heterocycles. The summed E-state index contributed by atoms with van der Waals surface area (Å²) < 4.78 is 0.995. The van der Waals surface area contributed by atoms with E-state index in [0.717, 1.165) is 27.4 Å². The maximum Gasteiger partial charge on any atom is 0.321 e. The topological polar surface area (TPSA) is 69.7 Å². The largest absolute Gasteiger partial charge is 0.323 e. The van der Waals surface area contributed by atoms with Crippen LogP contribution < -0.4 is 5.32 Å². The fourth-order valence-electron chi connectivity index (χ4n) is 2.56. The second kappa shape index (κ2) is 8.58. The highest BCUT2D eigenvalue weighted by molar-refractivity contribution is 9.10. The fourth-order valence-corrected chi connectivity index (χ4v) is 3.55. The molecule has 1 aliphatic rings. The average Bonchev–Trinajstić information content (AvgIpc) is 2.97. The van der Waals surface area contributed by atoms with Crippen LogP contribution in [0.2, 0.25) is 0 Å². The van der Waals surface area contributed by atoms with Crippen LogP contribution in [-0.2, 0) is 17.9 Å². The number of nitrogens with zero attached hydrogens (tertiary/aromatic N) is 2. The molecule has 27 heavy (non-hydrogen) atoms. The van der Waals surface area contributed by atoms with Crippen LogP contribution in [0.1, 0.15) is 11.1 Å². The van der Waals surface area contributed by atoms with Crippen LogP contribution in [-0.4, -0.2) is 39.8 Å². The van der Waals surface area contributed by atoms with Crippen molar-refractivity contribution in [3.8, 4) is 0 Å². The Morgan fingerprint density at radius 3 is 2.33 bits per heavy atom. The van der Waals surface area contributed by atoms with Crippen LogP contribution in [0.15, 0.2) is 53.0 Å². The lowest BCUT2D eigenvalue weighted by molar-refractivity contribution is -0.125. The van der Waals surface area contributed by atoms with E-state index in [-0.39, 0.29) is 29.5 Å². The molecule has 0 spiro atoms. The lowest BCUT2D eigenvalue weighted by atomic mass is 10.2. The van der Waals surface area contributed by atoms with Gasteiger partial charge in [-0.05, 0) is 35.4 Å². The lowest BCUT2D eigenvalue weighted by Crippen LogP contribution is -2.30. The highest BCUT2D eigenvalue weighted by atomic mass is 79.9. The van der Waals surface area contributed by atoms with E-state index in [2.05, 4.69) is 21.2 Å². The number of nitrogens with one attached hydrogen (secondary N) is 1. The van der Waals surface area contributed by atoms with E-state index in [9.17, 15) is 14.4 Å². The van der Waals surface area contributed by atoms with Crippen LogP contribution in [0.3, 0.4) is 0 Å². The predicted octanol–water partition coefficient (Wildman–Crippen LogP) is 4.31. The Morgan fingerprint density at radius 2 is 1.74 bits per heavy atom. The molecule has 0 unspecified atom stereocenters. The molecule has 6 nitrogen and oxygen atoms in total. The molecule has 0 aliphatic carbocycles. The molecule has 2 aromatic carbocycles. The lowest BCUT2D eigenvalue weighted by Gasteiger charge is -2.18. The van der Waals surface area contributed by atoms with Gasteiger partial charge in [-0.2, -0.15) is 0 Å². The third kappa shape index (κ3) is 5.11. The summed E-state index contributed by atoms with van der Waals surface area (Å²) in [6.07, 6.45) is 0. The maximum atomic E-state index is 12.3. The summed E-state index contributed by atoms with van der Waals surface area (Å²) in [7, 11) is 1.73. The zero-order valence-corrected chi connectivity index (χ0v) is 17.0. The SMILES string of the molecule is CN(Cc1ccc(Br)cc1)C(=O)Nc1ccc(CN2C(=O)CSC2=O)cc1. The first-order chi connectivity index (χ1) is 12.9. The third-order valence-electron chi connectivity index (χ3n) is 4.07. The van der Waals surface area contributed by atoms with Crippen LogP contribution in [0.25, 0.3) is 0 Å². The van der Waals surface area contributed by atoms with Crippen LogP contribution >= 0.6 is 27.7 Å². The number of halogens is 1. The van der Waals surface area contributed by atoms with Crippen molar-refractivity contribution in [2.45, 2.75) is 13.1 Å². The van der Waals surface area contributed by atoms with Gasteiger partial charge in [0.25, 0.3) is 5.24 Å². The number of thioether (sulfide) groups is 1. The summed E-state index contributed by atoms with van der Waals surface area (Å²) in [5.74, 6) is 0.0365. The van der Waals surface area contributed by atoms with E-state index >= 15 is 0 Å². The first-order valence-corrected chi connectivity index (χ1v) is 10.0. The quantitative estimate of drug-likeness (QED) is 0.740. The van der Waals surface area contributed by atoms with E-state index in [4.69, 9.17) is 0 Å². The van der Waals surface area contributed by atoms with E-state index in [1.165, 1.54) is 4.90 Å². The van der Waals surface area contributed by atoms with Gasteiger partial charge in [-0.25, -0.2) is 4.79 Å². The molecule has 8 heteroatoms. The van der Waals surface area contributed by atoms with Crippen molar-refractivity contribution in [1.29, 1.82) is 0 Å². The van der Waals surface area contributed by atoms with Gasteiger partial charge in [0.15, 0.2) is 0 Å². The molecule has 0 saturated carbocycles. The highest BCUT2D eigenvalue weighted by Gasteiger charge is 2.29. The molecule has 0 radical (unpaired) electrons. The summed E-state index contributed by atoms with van der Waals surface area (Å²) in [6, 6.07) is 14.7. The van der Waals surface area contributed by atoms with Crippen LogP contribution in [0, 0.1) is 0 Å². The summed E-state index contributed by atoms with van der Waals surface area (Å²) in [5.41, 5.74) is 2.52. The standard InChI is InChI=1S/C19H18BrN3O3S/c1-22(10-13-2-6-15(20)7-3-13)18(25)21-16-8-4-14(5-9-16)11-23-17(24)12-27-19(23)26/h2-9H,10-12H2,1H3,(H,21,25). The summed E-state index contributed by atoms with van der Waals surface area (Å²) in [5, 5.41) is 2.62. The Balaban J connectivity index is 1.55. The number of imide groups is 1. The molecule has 1 N–H and O–H groups in total. The highest BCUT2D eigenvalue weighted by Crippen LogP contribution is 2.22. The molecule has 0 bridgehead atoms. The smallest absolute Gasteiger partial charge is 0.321 e. The number of carbonyl (C=O) groups excluding carboxylic acids is 3. The van der Waals surface area contributed by atoms with Gasteiger partial charge in [0.1, 0.15) is 0 Å². The zero-order valence-electron chi connectivity index (χ0n) is 14.6. The summed E-state index contributed by atoms with van der Waals surface area (Å²) in [6.45, 7) is 0.746. The number of benzene rings is 2. The van der Waals surface area contributed by atoms with Gasteiger partial charge >= 0.3 is 6.03 Å². The molecule has 1 saturated heterocycles. The van der Waals surface area contributed by atoms with Crippen molar-refractivity contribution in [3.05, 3.63) is 64.1 Å². The van der Waals surface area contributed by atoms with Crippen molar-refractivity contribution < 1.29 is 14.4 Å². The molecule has 0 aromatic heterocycles. The predicted molar refractivity (Wildman–Crippen MR) is 109 cm³/mol. The second-order valence-corrected chi connectivity index (χ2v) is 7.99. The normalized spacial score (nSPS) is 13.8. The molecule has 4 amide bonds. The van der Waals surface area contributed by atoms with E-state index in [1.807, 2.05) is 24.3 Å². The molecule has 2 aromatic rings. The zero-order chi connectivity index (χ0) is 19.4. The van der Waals surface area contributed by atoms with Gasteiger partial charge in [-0.15, -0.1) is 0 Å². The molecule has 1 fully saturated rings. The van der Waals surface area contributed by atoms with Crippen LogP contribution in [0.4, 0.5) is 15.3 Å². The Labute approximate surface area is 170 Å².